The van der Waals surface area contributed by atoms with Gasteiger partial charge in [-0.25, -0.2) is 4.98 Å². The van der Waals surface area contributed by atoms with Crippen molar-refractivity contribution in [2.45, 2.75) is 39.1 Å². The van der Waals surface area contributed by atoms with Crippen LogP contribution < -0.4 is 5.56 Å². The van der Waals surface area contributed by atoms with E-state index in [1.165, 1.54) is 17.3 Å². The third kappa shape index (κ3) is 6.71. The maximum Gasteiger partial charge on any atom is 0.272 e. The quantitative estimate of drug-likeness (QED) is 0.459. The molecular formula is C20H28N4O4Si. The van der Waals surface area contributed by atoms with E-state index in [0.717, 1.165) is 5.69 Å². The molecule has 9 heteroatoms. The molecule has 156 valence electrons. The summed E-state index contributed by atoms with van der Waals surface area (Å²) in [4.78, 5) is 33.2. The zero-order valence-corrected chi connectivity index (χ0v) is 18.3. The number of imidazole rings is 1. The third-order valence-electron chi connectivity index (χ3n) is 4.00. The van der Waals surface area contributed by atoms with E-state index in [2.05, 4.69) is 41.1 Å². The highest BCUT2D eigenvalue weighted by atomic mass is 28.3. The van der Waals surface area contributed by atoms with E-state index in [-0.39, 0.29) is 31.8 Å². The Morgan fingerprint density at radius 2 is 2.10 bits per heavy atom. The lowest BCUT2D eigenvalue weighted by atomic mass is 10.2. The van der Waals surface area contributed by atoms with Crippen LogP contribution in [-0.2, 0) is 0 Å². The molecular weight excluding hydrogens is 388 g/mol. The van der Waals surface area contributed by atoms with E-state index in [9.17, 15) is 19.8 Å². The SMILES string of the molecule is Cc1cn(-c2ccc(C(=O)N(CCO)C[C@@H](O)CC#C[Si](C)(C)C)[nH]c2=O)cn1. The summed E-state index contributed by atoms with van der Waals surface area (Å²) in [5, 5.41) is 19.5. The number of H-pyrrole nitrogens is 1. The van der Waals surface area contributed by atoms with Gasteiger partial charge in [-0.3, -0.25) is 9.59 Å². The molecule has 2 aromatic rings. The van der Waals surface area contributed by atoms with Crippen molar-refractivity contribution in [3.8, 4) is 17.2 Å². The fourth-order valence-corrected chi connectivity index (χ4v) is 3.30. The largest absolute Gasteiger partial charge is 0.395 e. The van der Waals surface area contributed by atoms with Crippen LogP contribution in [0.3, 0.4) is 0 Å². The van der Waals surface area contributed by atoms with Gasteiger partial charge < -0.3 is 24.7 Å². The Morgan fingerprint density at radius 1 is 1.38 bits per heavy atom. The molecule has 8 nitrogen and oxygen atoms in total. The average Bonchev–Trinajstić information content (AvgIpc) is 3.05. The molecule has 1 amide bonds. The lowest BCUT2D eigenvalue weighted by Gasteiger charge is -2.24. The number of carbonyl (C=O) groups is 1. The van der Waals surface area contributed by atoms with Gasteiger partial charge in [0.15, 0.2) is 0 Å². The molecule has 2 rings (SSSR count). The molecule has 0 unspecified atom stereocenters. The molecule has 0 saturated carbocycles. The van der Waals surface area contributed by atoms with Crippen LogP contribution in [0.2, 0.25) is 19.6 Å². The number of rotatable bonds is 7. The number of hydrogen-bond acceptors (Lipinski definition) is 5. The maximum atomic E-state index is 12.8. The standard InChI is InChI=1S/C20H28N4O4Si/c1-15-12-24(14-21-15)18-8-7-17(22-19(18)27)20(28)23(9-10-25)13-16(26)6-5-11-29(2,3)4/h7-8,12,14,16,25-26H,6,9-10,13H2,1-4H3,(H,22,27)/t16-/m0/s1. The Hall–Kier alpha value is -2.67. The van der Waals surface area contributed by atoms with Crippen LogP contribution in [0, 0.1) is 18.4 Å². The van der Waals surface area contributed by atoms with Crippen LogP contribution in [0.4, 0.5) is 0 Å². The molecule has 1 atom stereocenters. The Bertz CT molecular complexity index is 965. The average molecular weight is 417 g/mol. The van der Waals surface area contributed by atoms with Gasteiger partial charge in [-0.1, -0.05) is 19.6 Å². The van der Waals surface area contributed by atoms with Crippen LogP contribution in [0.15, 0.2) is 29.5 Å². The maximum absolute atomic E-state index is 12.8. The summed E-state index contributed by atoms with van der Waals surface area (Å²) in [6.45, 7) is 7.95. The van der Waals surface area contributed by atoms with Crippen molar-refractivity contribution in [3.63, 3.8) is 0 Å². The smallest absolute Gasteiger partial charge is 0.272 e. The predicted molar refractivity (Wildman–Crippen MR) is 114 cm³/mol. The molecule has 0 aliphatic carbocycles. The van der Waals surface area contributed by atoms with Crippen LogP contribution in [0.5, 0.6) is 0 Å². The number of carbonyl (C=O) groups excluding carboxylic acids is 1. The van der Waals surface area contributed by atoms with Gasteiger partial charge >= 0.3 is 0 Å². The van der Waals surface area contributed by atoms with E-state index in [0.29, 0.717) is 5.69 Å². The number of hydrogen-bond donors (Lipinski definition) is 3. The molecule has 0 radical (unpaired) electrons. The first-order chi connectivity index (χ1) is 13.6. The number of pyridine rings is 1. The Kier molecular flexibility index (Phi) is 7.56. The summed E-state index contributed by atoms with van der Waals surface area (Å²) in [5.41, 5.74) is 3.94. The fourth-order valence-electron chi connectivity index (χ4n) is 2.67. The summed E-state index contributed by atoms with van der Waals surface area (Å²) >= 11 is 0. The number of amides is 1. The second-order valence-corrected chi connectivity index (χ2v) is 12.6. The van der Waals surface area contributed by atoms with Gasteiger partial charge in [-0.05, 0) is 19.1 Å². The van der Waals surface area contributed by atoms with Gasteiger partial charge in [0.1, 0.15) is 19.5 Å². The van der Waals surface area contributed by atoms with Gasteiger partial charge in [-0.2, -0.15) is 0 Å². The first-order valence-corrected chi connectivity index (χ1v) is 12.9. The summed E-state index contributed by atoms with van der Waals surface area (Å²) in [6.07, 6.45) is 2.64. The first-order valence-electron chi connectivity index (χ1n) is 9.43. The van der Waals surface area contributed by atoms with Crippen LogP contribution in [0.25, 0.3) is 5.69 Å². The number of aromatic amines is 1. The molecule has 0 bridgehead atoms. The molecule has 0 spiro atoms. The van der Waals surface area contributed by atoms with Gasteiger partial charge in [0.2, 0.25) is 0 Å². The minimum Gasteiger partial charge on any atom is -0.395 e. The van der Waals surface area contributed by atoms with Gasteiger partial charge in [0, 0.05) is 25.7 Å². The lowest BCUT2D eigenvalue weighted by Crippen LogP contribution is -2.40. The Morgan fingerprint density at radius 3 is 2.66 bits per heavy atom. The number of aliphatic hydroxyl groups is 2. The van der Waals surface area contributed by atoms with Crippen molar-refractivity contribution in [1.29, 1.82) is 0 Å². The minimum atomic E-state index is -1.53. The molecule has 2 aromatic heterocycles. The minimum absolute atomic E-state index is 0.0181. The van der Waals surface area contributed by atoms with E-state index in [1.807, 2.05) is 6.92 Å². The highest BCUT2D eigenvalue weighted by Crippen LogP contribution is 2.08. The van der Waals surface area contributed by atoms with E-state index in [1.54, 1.807) is 16.8 Å². The van der Waals surface area contributed by atoms with Crippen LogP contribution in [-0.4, -0.2) is 69.4 Å². The lowest BCUT2D eigenvalue weighted by molar-refractivity contribution is 0.0581. The summed E-state index contributed by atoms with van der Waals surface area (Å²) in [6, 6.07) is 3.05. The molecule has 0 fully saturated rings. The van der Waals surface area contributed by atoms with Gasteiger partial charge in [0.25, 0.3) is 11.5 Å². The van der Waals surface area contributed by atoms with Crippen molar-refractivity contribution in [2.24, 2.45) is 0 Å². The molecule has 0 saturated heterocycles. The van der Waals surface area contributed by atoms with Crippen LogP contribution in [0.1, 0.15) is 22.6 Å². The summed E-state index contributed by atoms with van der Waals surface area (Å²) < 4.78 is 1.58. The highest BCUT2D eigenvalue weighted by molar-refractivity contribution is 6.83. The second kappa shape index (κ2) is 9.69. The zero-order chi connectivity index (χ0) is 21.6. The first kappa shape index (κ1) is 22.6. The monoisotopic (exact) mass is 416 g/mol. The molecule has 0 aliphatic heterocycles. The fraction of sp³-hybridized carbons (Fsp3) is 0.450. The number of aromatic nitrogens is 3. The van der Waals surface area contributed by atoms with Crippen molar-refractivity contribution in [2.75, 3.05) is 19.7 Å². The zero-order valence-electron chi connectivity index (χ0n) is 17.3. The molecule has 2 heterocycles. The number of aliphatic hydroxyl groups excluding tert-OH is 2. The third-order valence-corrected chi connectivity index (χ3v) is 4.93. The molecule has 3 N–H and O–H groups in total. The Balaban J connectivity index is 2.14. The number of nitrogens with one attached hydrogen (secondary N) is 1. The second-order valence-electron chi connectivity index (χ2n) is 7.89. The van der Waals surface area contributed by atoms with Gasteiger partial charge in [-0.15, -0.1) is 11.5 Å². The molecule has 0 aliphatic rings. The van der Waals surface area contributed by atoms with E-state index >= 15 is 0 Å². The van der Waals surface area contributed by atoms with Crippen molar-refractivity contribution in [3.05, 3.63) is 46.4 Å². The van der Waals surface area contributed by atoms with Crippen molar-refractivity contribution in [1.82, 2.24) is 19.4 Å². The normalized spacial score (nSPS) is 12.2. The van der Waals surface area contributed by atoms with Crippen LogP contribution >= 0.6 is 0 Å². The molecule has 29 heavy (non-hydrogen) atoms. The molecule has 0 aromatic carbocycles. The number of aryl methyl sites for hydroxylation is 1. The predicted octanol–water partition coefficient (Wildman–Crippen LogP) is 0.935. The van der Waals surface area contributed by atoms with Crippen molar-refractivity contribution < 1.29 is 15.0 Å². The summed E-state index contributed by atoms with van der Waals surface area (Å²) in [5.74, 6) is 2.51. The van der Waals surface area contributed by atoms with Gasteiger partial charge in [0.05, 0.1) is 24.7 Å². The van der Waals surface area contributed by atoms with E-state index in [4.69, 9.17) is 0 Å². The summed E-state index contributed by atoms with van der Waals surface area (Å²) in [7, 11) is -1.53. The topological polar surface area (TPSA) is 111 Å². The number of nitrogens with zero attached hydrogens (tertiary/aromatic N) is 3. The van der Waals surface area contributed by atoms with Crippen molar-refractivity contribution >= 4 is 14.0 Å². The van der Waals surface area contributed by atoms with E-state index < -0.39 is 25.6 Å². The Labute approximate surface area is 171 Å². The highest BCUT2D eigenvalue weighted by Gasteiger charge is 2.20.